The first-order valence-corrected chi connectivity index (χ1v) is 6.55. The predicted molar refractivity (Wildman–Crippen MR) is 75.9 cm³/mol. The van der Waals surface area contributed by atoms with Gasteiger partial charge in [0.05, 0.1) is 14.2 Å². The van der Waals surface area contributed by atoms with Crippen molar-refractivity contribution in [2.24, 2.45) is 0 Å². The number of carboxylic acids is 1. The van der Waals surface area contributed by atoms with Crippen molar-refractivity contribution in [2.45, 2.75) is 24.8 Å². The van der Waals surface area contributed by atoms with Gasteiger partial charge in [-0.15, -0.1) is 0 Å². The zero-order chi connectivity index (χ0) is 15.5. The molecule has 1 saturated carbocycles. The third kappa shape index (κ3) is 3.18. The second-order valence-corrected chi connectivity index (χ2v) is 4.92. The summed E-state index contributed by atoms with van der Waals surface area (Å²) in [5.41, 5.74) is -0.684. The Morgan fingerprint density at radius 2 is 1.71 bits per heavy atom. The van der Waals surface area contributed by atoms with Crippen molar-refractivity contribution in [2.75, 3.05) is 19.5 Å². The molecule has 21 heavy (non-hydrogen) atoms. The maximum atomic E-state index is 12.0. The van der Waals surface area contributed by atoms with E-state index in [4.69, 9.17) is 9.47 Å². The first-order chi connectivity index (χ1) is 9.99. The molecule has 1 aliphatic rings. The van der Waals surface area contributed by atoms with E-state index < -0.39 is 17.5 Å². The lowest BCUT2D eigenvalue weighted by Gasteiger charge is -2.38. The number of nitrogens with one attached hydrogen (secondary N) is 2. The molecule has 7 heteroatoms. The van der Waals surface area contributed by atoms with Gasteiger partial charge in [-0.3, -0.25) is 0 Å². The van der Waals surface area contributed by atoms with Crippen LogP contribution in [0.3, 0.4) is 0 Å². The fourth-order valence-corrected chi connectivity index (χ4v) is 2.18. The maximum Gasteiger partial charge on any atom is 0.329 e. The van der Waals surface area contributed by atoms with Crippen molar-refractivity contribution < 1.29 is 24.2 Å². The summed E-state index contributed by atoms with van der Waals surface area (Å²) in [4.78, 5) is 23.2. The van der Waals surface area contributed by atoms with Crippen LogP contribution in [0.25, 0.3) is 0 Å². The topological polar surface area (TPSA) is 96.9 Å². The number of anilines is 1. The van der Waals surface area contributed by atoms with Crippen LogP contribution < -0.4 is 20.1 Å². The standard InChI is InChI=1S/C14H18N2O5/c1-20-10-6-9(7-11(8-10)21-2)15-13(19)16-14(12(17)18)4-3-5-14/h6-8H,3-5H2,1-2H3,(H,17,18)(H2,15,16,19). The number of carbonyl (C=O) groups is 2. The van der Waals surface area contributed by atoms with Crippen molar-refractivity contribution in [1.82, 2.24) is 5.32 Å². The molecule has 1 aromatic rings. The minimum absolute atomic E-state index is 0.442. The zero-order valence-electron chi connectivity index (χ0n) is 11.9. The Balaban J connectivity index is 2.07. The molecular weight excluding hydrogens is 276 g/mol. The van der Waals surface area contributed by atoms with Crippen LogP contribution in [0.15, 0.2) is 18.2 Å². The first-order valence-electron chi connectivity index (χ1n) is 6.55. The smallest absolute Gasteiger partial charge is 0.329 e. The van der Waals surface area contributed by atoms with Gasteiger partial charge in [0.1, 0.15) is 17.0 Å². The Kier molecular flexibility index (Phi) is 4.21. The molecule has 3 N–H and O–H groups in total. The molecule has 0 aromatic heterocycles. The van der Waals surface area contributed by atoms with Crippen molar-refractivity contribution in [1.29, 1.82) is 0 Å². The average molecular weight is 294 g/mol. The highest BCUT2D eigenvalue weighted by atomic mass is 16.5. The number of rotatable bonds is 5. The van der Waals surface area contributed by atoms with Crippen LogP contribution >= 0.6 is 0 Å². The Bertz CT molecular complexity index is 532. The fraction of sp³-hybridized carbons (Fsp3) is 0.429. The Morgan fingerprint density at radius 3 is 2.10 bits per heavy atom. The van der Waals surface area contributed by atoms with E-state index in [2.05, 4.69) is 10.6 Å². The minimum Gasteiger partial charge on any atom is -0.497 e. The van der Waals surface area contributed by atoms with E-state index in [1.165, 1.54) is 14.2 Å². The summed E-state index contributed by atoms with van der Waals surface area (Å²) in [6.07, 6.45) is 1.67. The molecule has 7 nitrogen and oxygen atoms in total. The molecule has 0 saturated heterocycles. The lowest BCUT2D eigenvalue weighted by molar-refractivity contribution is -0.148. The van der Waals surface area contributed by atoms with E-state index >= 15 is 0 Å². The molecule has 1 aromatic carbocycles. The molecule has 0 atom stereocenters. The highest BCUT2D eigenvalue weighted by molar-refractivity contribution is 5.94. The molecule has 1 aliphatic carbocycles. The lowest BCUT2D eigenvalue weighted by atomic mass is 9.77. The number of amides is 2. The Morgan fingerprint density at radius 1 is 1.14 bits per heavy atom. The van der Waals surface area contributed by atoms with Gasteiger partial charge in [0.25, 0.3) is 0 Å². The third-order valence-electron chi connectivity index (χ3n) is 3.58. The number of benzene rings is 1. The number of carbonyl (C=O) groups excluding carboxylic acids is 1. The molecule has 0 aliphatic heterocycles. The third-order valence-corrected chi connectivity index (χ3v) is 3.58. The van der Waals surface area contributed by atoms with E-state index in [0.29, 0.717) is 30.0 Å². The van der Waals surface area contributed by atoms with E-state index in [-0.39, 0.29) is 0 Å². The van der Waals surface area contributed by atoms with Crippen molar-refractivity contribution in [3.05, 3.63) is 18.2 Å². The van der Waals surface area contributed by atoms with Crippen molar-refractivity contribution in [3.63, 3.8) is 0 Å². The van der Waals surface area contributed by atoms with Gasteiger partial charge in [-0.25, -0.2) is 9.59 Å². The molecule has 0 heterocycles. The largest absolute Gasteiger partial charge is 0.497 e. The second kappa shape index (κ2) is 5.90. The maximum absolute atomic E-state index is 12.0. The van der Waals surface area contributed by atoms with E-state index in [9.17, 15) is 14.7 Å². The van der Waals surface area contributed by atoms with Crippen molar-refractivity contribution in [3.8, 4) is 11.5 Å². The van der Waals surface area contributed by atoms with E-state index in [0.717, 1.165) is 6.42 Å². The minimum atomic E-state index is -1.15. The first kappa shape index (κ1) is 15.0. The Labute approximate surface area is 122 Å². The SMILES string of the molecule is COc1cc(NC(=O)NC2(C(=O)O)CCC2)cc(OC)c1. The number of carboxylic acid groups (broad SMARTS) is 1. The van der Waals surface area contributed by atoms with Gasteiger partial charge in [0, 0.05) is 23.9 Å². The van der Waals surface area contributed by atoms with Gasteiger partial charge in [0.2, 0.25) is 0 Å². The fourth-order valence-electron chi connectivity index (χ4n) is 2.18. The van der Waals surface area contributed by atoms with Crippen LogP contribution in [0, 0.1) is 0 Å². The summed E-state index contributed by atoms with van der Waals surface area (Å²) in [7, 11) is 3.01. The predicted octanol–water partition coefficient (Wildman–Crippen LogP) is 1.83. The molecule has 2 rings (SSSR count). The summed E-state index contributed by atoms with van der Waals surface area (Å²) in [5.74, 6) is 0.0506. The number of hydrogen-bond donors (Lipinski definition) is 3. The number of urea groups is 1. The molecular formula is C14H18N2O5. The summed E-state index contributed by atoms with van der Waals surface area (Å²) >= 11 is 0. The summed E-state index contributed by atoms with van der Waals surface area (Å²) in [6, 6.07) is 4.35. The summed E-state index contributed by atoms with van der Waals surface area (Å²) in [5, 5.41) is 14.3. The second-order valence-electron chi connectivity index (χ2n) is 4.92. The molecule has 114 valence electrons. The van der Waals surface area contributed by atoms with Crippen LogP contribution in [-0.2, 0) is 4.79 Å². The van der Waals surface area contributed by atoms with Crippen LogP contribution in [0.5, 0.6) is 11.5 Å². The number of methoxy groups -OCH3 is 2. The van der Waals surface area contributed by atoms with Gasteiger partial charge < -0.3 is 25.2 Å². The molecule has 0 spiro atoms. The number of hydrogen-bond acceptors (Lipinski definition) is 4. The lowest BCUT2D eigenvalue weighted by Crippen LogP contribution is -2.60. The average Bonchev–Trinajstić information content (AvgIpc) is 2.41. The number of aliphatic carboxylic acids is 1. The number of ether oxygens (including phenoxy) is 2. The van der Waals surface area contributed by atoms with Gasteiger partial charge in [0.15, 0.2) is 0 Å². The molecule has 0 unspecified atom stereocenters. The van der Waals surface area contributed by atoms with Gasteiger partial charge in [-0.2, -0.15) is 0 Å². The summed E-state index contributed by atoms with van der Waals surface area (Å²) < 4.78 is 10.2. The van der Waals surface area contributed by atoms with Crippen LogP contribution in [-0.4, -0.2) is 36.9 Å². The van der Waals surface area contributed by atoms with Crippen molar-refractivity contribution >= 4 is 17.7 Å². The van der Waals surface area contributed by atoms with Gasteiger partial charge in [-0.1, -0.05) is 0 Å². The van der Waals surface area contributed by atoms with E-state index in [1.54, 1.807) is 18.2 Å². The Hall–Kier alpha value is -2.44. The van der Waals surface area contributed by atoms with Crippen LogP contribution in [0.4, 0.5) is 10.5 Å². The van der Waals surface area contributed by atoms with E-state index in [1.807, 2.05) is 0 Å². The van der Waals surface area contributed by atoms with Crippen LogP contribution in [0.2, 0.25) is 0 Å². The molecule has 2 amide bonds. The monoisotopic (exact) mass is 294 g/mol. The molecule has 0 radical (unpaired) electrons. The highest BCUT2D eigenvalue weighted by Gasteiger charge is 2.45. The quantitative estimate of drug-likeness (QED) is 0.770. The van der Waals surface area contributed by atoms with Gasteiger partial charge in [-0.05, 0) is 19.3 Å². The molecule has 1 fully saturated rings. The van der Waals surface area contributed by atoms with Gasteiger partial charge >= 0.3 is 12.0 Å². The normalized spacial score (nSPS) is 15.5. The zero-order valence-corrected chi connectivity index (χ0v) is 11.9. The molecule has 0 bridgehead atoms. The van der Waals surface area contributed by atoms with Crippen LogP contribution in [0.1, 0.15) is 19.3 Å². The summed E-state index contributed by atoms with van der Waals surface area (Å²) in [6.45, 7) is 0. The highest BCUT2D eigenvalue weighted by Crippen LogP contribution is 2.32.